The van der Waals surface area contributed by atoms with E-state index in [1.54, 1.807) is 11.1 Å². The normalized spacial score (nSPS) is 28.8. The number of aromatic nitrogens is 1. The molecule has 224 valence electrons. The van der Waals surface area contributed by atoms with Crippen LogP contribution in [-0.2, 0) is 20.8 Å². The summed E-state index contributed by atoms with van der Waals surface area (Å²) < 4.78 is 6.42. The van der Waals surface area contributed by atoms with E-state index in [0.717, 1.165) is 49.3 Å². The molecular formula is C36H40N2O5. The maximum absolute atomic E-state index is 14.3. The molecule has 1 amide bonds. The van der Waals surface area contributed by atoms with Crippen LogP contribution in [0.2, 0.25) is 0 Å². The van der Waals surface area contributed by atoms with Crippen LogP contribution in [0.4, 0.5) is 0 Å². The minimum Gasteiger partial charge on any atom is -0.481 e. The van der Waals surface area contributed by atoms with Crippen molar-refractivity contribution < 1.29 is 24.2 Å². The molecule has 43 heavy (non-hydrogen) atoms. The number of ether oxygens (including phenoxy) is 1. The van der Waals surface area contributed by atoms with Gasteiger partial charge in [-0.05, 0) is 67.5 Å². The van der Waals surface area contributed by atoms with Gasteiger partial charge in [0.15, 0.2) is 5.78 Å². The number of carbonyl (C=O) groups excluding carboxylic acids is 2. The Kier molecular flexibility index (Phi) is 8.59. The molecule has 3 heterocycles. The van der Waals surface area contributed by atoms with E-state index in [2.05, 4.69) is 23.2 Å². The lowest BCUT2D eigenvalue weighted by molar-refractivity contribution is -0.147. The topological polar surface area (TPSA) is 96.8 Å². The Bertz CT molecular complexity index is 1500. The second-order valence-electron chi connectivity index (χ2n) is 12.5. The lowest BCUT2D eigenvalue weighted by Crippen LogP contribution is -2.45. The van der Waals surface area contributed by atoms with Crippen LogP contribution in [0.5, 0.6) is 5.88 Å². The molecule has 6 rings (SSSR count). The number of pyridine rings is 1. The Morgan fingerprint density at radius 2 is 1.84 bits per heavy atom. The second-order valence-corrected chi connectivity index (χ2v) is 12.5. The molecule has 0 unspecified atom stereocenters. The number of hydrogen-bond donors (Lipinski definition) is 1. The van der Waals surface area contributed by atoms with Crippen LogP contribution in [0.1, 0.15) is 63.4 Å². The van der Waals surface area contributed by atoms with Gasteiger partial charge in [-0.1, -0.05) is 73.5 Å². The Morgan fingerprint density at radius 1 is 1.02 bits per heavy atom. The minimum atomic E-state index is -1.08. The van der Waals surface area contributed by atoms with Crippen molar-refractivity contribution in [1.29, 1.82) is 0 Å². The van der Waals surface area contributed by atoms with E-state index in [-0.39, 0.29) is 36.5 Å². The molecule has 1 N–H and O–H groups in total. The molecule has 0 bridgehead atoms. The predicted molar refractivity (Wildman–Crippen MR) is 165 cm³/mol. The van der Waals surface area contributed by atoms with Crippen molar-refractivity contribution in [2.75, 3.05) is 6.54 Å². The fourth-order valence-corrected chi connectivity index (χ4v) is 7.02. The summed E-state index contributed by atoms with van der Waals surface area (Å²) in [6, 6.07) is 19.3. The van der Waals surface area contributed by atoms with Crippen molar-refractivity contribution in [2.45, 2.75) is 76.4 Å². The van der Waals surface area contributed by atoms with E-state index in [0.29, 0.717) is 25.1 Å². The van der Waals surface area contributed by atoms with Gasteiger partial charge >= 0.3 is 5.97 Å². The van der Waals surface area contributed by atoms with Crippen LogP contribution in [0.15, 0.2) is 79.0 Å². The average Bonchev–Trinajstić information content (AvgIpc) is 3.55. The number of aryl methyl sites for hydroxylation is 1. The third kappa shape index (κ3) is 6.36. The van der Waals surface area contributed by atoms with Gasteiger partial charge in [0.05, 0.1) is 18.0 Å². The summed E-state index contributed by atoms with van der Waals surface area (Å²) >= 11 is 0. The van der Waals surface area contributed by atoms with E-state index < -0.39 is 23.5 Å². The number of benzene rings is 2. The predicted octanol–water partition coefficient (Wildman–Crippen LogP) is 6.40. The quantitative estimate of drug-likeness (QED) is 0.339. The fraction of sp³-hybridized carbons (Fsp3) is 0.444. The van der Waals surface area contributed by atoms with Crippen LogP contribution in [0.25, 0.3) is 10.8 Å². The van der Waals surface area contributed by atoms with Gasteiger partial charge in [0.1, 0.15) is 6.10 Å². The number of Topliss-reactive ketones (excluding diaryl/α,β-unsaturated/α-hetero) is 1. The summed E-state index contributed by atoms with van der Waals surface area (Å²) in [5.74, 6) is -0.996. The van der Waals surface area contributed by atoms with E-state index >= 15 is 0 Å². The first-order valence-corrected chi connectivity index (χ1v) is 15.7. The van der Waals surface area contributed by atoms with E-state index in [9.17, 15) is 19.5 Å². The average molecular weight is 581 g/mol. The lowest BCUT2D eigenvalue weighted by atomic mass is 9.90. The monoisotopic (exact) mass is 580 g/mol. The van der Waals surface area contributed by atoms with E-state index in [4.69, 9.17) is 4.74 Å². The Labute approximate surface area is 252 Å². The fourth-order valence-electron chi connectivity index (χ4n) is 7.02. The zero-order valence-electron chi connectivity index (χ0n) is 24.6. The molecule has 2 aliphatic heterocycles. The van der Waals surface area contributed by atoms with Gasteiger partial charge < -0.3 is 14.7 Å². The van der Waals surface area contributed by atoms with Gasteiger partial charge in [-0.25, -0.2) is 4.98 Å². The van der Waals surface area contributed by atoms with Crippen molar-refractivity contribution in [3.63, 3.8) is 0 Å². The van der Waals surface area contributed by atoms with Crippen LogP contribution in [0.3, 0.4) is 0 Å². The number of ketones is 1. The number of carbonyl (C=O) groups is 3. The number of carboxylic acid groups (broad SMARTS) is 1. The number of hydrogen-bond acceptors (Lipinski definition) is 5. The molecule has 1 aliphatic carbocycles. The van der Waals surface area contributed by atoms with E-state index in [1.165, 1.54) is 5.56 Å². The summed E-state index contributed by atoms with van der Waals surface area (Å²) in [4.78, 5) is 46.9. The van der Waals surface area contributed by atoms with Gasteiger partial charge in [-0.2, -0.15) is 0 Å². The molecule has 2 fully saturated rings. The summed E-state index contributed by atoms with van der Waals surface area (Å²) in [5, 5.41) is 12.1. The molecule has 5 atom stereocenters. The number of fused-ring (bicyclic) bond motifs is 3. The zero-order chi connectivity index (χ0) is 29.8. The summed E-state index contributed by atoms with van der Waals surface area (Å²) in [5.41, 5.74) is 0.113. The SMILES string of the molecule is O=C1C[C@]2(C(=O)O)C[C@H]2/C=C\CCCCC[C@H](CCc2ccccc2)C(=O)N2C[C@H](Oc3nccc4ccccc34)C[C@@H]12. The van der Waals surface area contributed by atoms with E-state index in [1.807, 2.05) is 54.6 Å². The smallest absolute Gasteiger partial charge is 0.310 e. The molecule has 1 saturated heterocycles. The van der Waals surface area contributed by atoms with Gasteiger partial charge in [0.25, 0.3) is 0 Å². The number of rotatable bonds is 6. The Hall–Kier alpha value is -4.00. The molecule has 7 nitrogen and oxygen atoms in total. The number of nitrogens with zero attached hydrogens (tertiary/aromatic N) is 2. The largest absolute Gasteiger partial charge is 0.481 e. The van der Waals surface area contributed by atoms with Crippen LogP contribution in [0, 0.1) is 17.3 Å². The molecule has 7 heteroatoms. The van der Waals surface area contributed by atoms with Crippen LogP contribution >= 0.6 is 0 Å². The van der Waals surface area contributed by atoms with Crippen molar-refractivity contribution in [3.8, 4) is 5.88 Å². The van der Waals surface area contributed by atoms with Gasteiger partial charge in [0.2, 0.25) is 11.8 Å². The van der Waals surface area contributed by atoms with Crippen LogP contribution in [-0.4, -0.2) is 51.3 Å². The first-order valence-electron chi connectivity index (χ1n) is 15.7. The molecule has 0 spiro atoms. The zero-order valence-corrected chi connectivity index (χ0v) is 24.6. The van der Waals surface area contributed by atoms with Crippen molar-refractivity contribution >= 4 is 28.4 Å². The highest BCUT2D eigenvalue weighted by Gasteiger charge is 2.61. The number of amides is 1. The molecular weight excluding hydrogens is 540 g/mol. The number of aliphatic carboxylic acids is 1. The molecule has 3 aliphatic rings. The van der Waals surface area contributed by atoms with Crippen LogP contribution < -0.4 is 4.74 Å². The number of carboxylic acids is 1. The third-order valence-corrected chi connectivity index (χ3v) is 9.65. The summed E-state index contributed by atoms with van der Waals surface area (Å²) in [7, 11) is 0. The Morgan fingerprint density at radius 3 is 2.67 bits per heavy atom. The molecule has 0 radical (unpaired) electrons. The maximum Gasteiger partial charge on any atom is 0.310 e. The summed E-state index contributed by atoms with van der Waals surface area (Å²) in [6.45, 7) is 0.283. The van der Waals surface area contributed by atoms with Gasteiger partial charge in [-0.3, -0.25) is 14.4 Å². The maximum atomic E-state index is 14.3. The first kappa shape index (κ1) is 29.1. The van der Waals surface area contributed by atoms with Crippen molar-refractivity contribution in [1.82, 2.24) is 9.88 Å². The highest BCUT2D eigenvalue weighted by atomic mass is 16.5. The highest BCUT2D eigenvalue weighted by Crippen LogP contribution is 2.57. The molecule has 3 aromatic rings. The summed E-state index contributed by atoms with van der Waals surface area (Å²) in [6.07, 6.45) is 12.2. The molecule has 1 saturated carbocycles. The first-order chi connectivity index (χ1) is 20.9. The highest BCUT2D eigenvalue weighted by molar-refractivity contribution is 5.95. The third-order valence-electron chi connectivity index (χ3n) is 9.65. The van der Waals surface area contributed by atoms with Crippen molar-refractivity contribution in [2.24, 2.45) is 17.3 Å². The van der Waals surface area contributed by atoms with Gasteiger partial charge in [-0.15, -0.1) is 0 Å². The second kappa shape index (κ2) is 12.7. The Balaban J connectivity index is 1.28. The standard InChI is InChI=1S/C36H40N2O5/c39-32-23-36(35(41)42)22-28(36)15-8-3-1-2-7-14-27(18-17-25-11-5-4-6-12-25)34(40)38-24-29(21-31(32)38)43-33-30-16-10-9-13-26(30)19-20-37-33/h4-6,8-13,15-16,19-20,27-29,31H,1-3,7,14,17-18,21-24H2,(H,41,42)/b15-8-/t27-,28-,29-,31+,36-/m1/s1. The number of allylic oxidation sites excluding steroid dienone is 2. The van der Waals surface area contributed by atoms with Gasteiger partial charge in [0, 0.05) is 30.3 Å². The lowest BCUT2D eigenvalue weighted by Gasteiger charge is -2.29. The molecule has 2 aromatic carbocycles. The minimum absolute atomic E-state index is 0.0176. The van der Waals surface area contributed by atoms with Crippen molar-refractivity contribution in [3.05, 3.63) is 84.6 Å². The molecule has 1 aromatic heterocycles.